The molecule has 70 valence electrons. The molecule has 2 aromatic rings. The van der Waals surface area contributed by atoms with Gasteiger partial charge in [-0.15, -0.1) is 0 Å². The molecule has 0 aliphatic carbocycles. The summed E-state index contributed by atoms with van der Waals surface area (Å²) in [6.07, 6.45) is -1.26. The van der Waals surface area contributed by atoms with Crippen molar-refractivity contribution in [1.29, 1.82) is 0 Å². The molecule has 1 N–H and O–H groups in total. The first-order valence-electron chi connectivity index (χ1n) is 4.04. The van der Waals surface area contributed by atoms with Gasteiger partial charge in [-0.25, -0.2) is 9.36 Å². The predicted molar refractivity (Wildman–Crippen MR) is 51.6 cm³/mol. The van der Waals surface area contributed by atoms with Gasteiger partial charge in [-0.3, -0.25) is 4.79 Å². The van der Waals surface area contributed by atoms with Crippen molar-refractivity contribution in [3.8, 4) is 0 Å². The number of carboxylic acid groups (broad SMARTS) is 1. The van der Waals surface area contributed by atoms with Gasteiger partial charge in [-0.05, 0) is 17.5 Å². The predicted octanol–water partition coefficient (Wildman–Crippen LogP) is 1.53. The van der Waals surface area contributed by atoms with Crippen LogP contribution in [-0.2, 0) is 0 Å². The van der Waals surface area contributed by atoms with Gasteiger partial charge in [0.1, 0.15) is 0 Å². The number of para-hydroxylation sites is 1. The van der Waals surface area contributed by atoms with E-state index in [1.54, 1.807) is 30.3 Å². The molecule has 1 aromatic carbocycles. The summed E-state index contributed by atoms with van der Waals surface area (Å²) in [5, 5.41) is 9.56. The Hall–Kier alpha value is -2.10. The van der Waals surface area contributed by atoms with Crippen molar-refractivity contribution in [1.82, 2.24) is 4.57 Å². The van der Waals surface area contributed by atoms with E-state index < -0.39 is 11.7 Å². The third-order valence-corrected chi connectivity index (χ3v) is 1.99. The van der Waals surface area contributed by atoms with Crippen LogP contribution in [0.15, 0.2) is 41.2 Å². The minimum atomic E-state index is -1.26. The molecule has 1 aromatic heterocycles. The molecule has 0 spiro atoms. The first kappa shape index (κ1) is 8.50. The molecule has 1 heterocycles. The first-order valence-corrected chi connectivity index (χ1v) is 4.04. The lowest BCUT2D eigenvalue weighted by molar-refractivity contribution is 0.196. The van der Waals surface area contributed by atoms with Crippen molar-refractivity contribution < 1.29 is 9.90 Å². The standard InChI is InChI=1S/C10H7NO3/c12-9-6-5-7-3-1-2-4-8(7)11(9)10(13)14/h1-6H,(H,13,14). The maximum Gasteiger partial charge on any atom is 0.419 e. The minimum Gasteiger partial charge on any atom is -0.464 e. The van der Waals surface area contributed by atoms with E-state index in [1.165, 1.54) is 6.07 Å². The highest BCUT2D eigenvalue weighted by atomic mass is 16.4. The number of benzene rings is 1. The van der Waals surface area contributed by atoms with Crippen LogP contribution < -0.4 is 5.56 Å². The van der Waals surface area contributed by atoms with Gasteiger partial charge in [-0.1, -0.05) is 18.2 Å². The number of nitrogens with zero attached hydrogens (tertiary/aromatic N) is 1. The van der Waals surface area contributed by atoms with Crippen LogP contribution in [0.3, 0.4) is 0 Å². The maximum absolute atomic E-state index is 11.3. The number of fused-ring (bicyclic) bond motifs is 1. The second kappa shape index (κ2) is 2.99. The monoisotopic (exact) mass is 189 g/mol. The molecule has 0 fully saturated rings. The van der Waals surface area contributed by atoms with E-state index >= 15 is 0 Å². The largest absolute Gasteiger partial charge is 0.464 e. The Morgan fingerprint density at radius 2 is 1.86 bits per heavy atom. The van der Waals surface area contributed by atoms with Gasteiger partial charge in [0.2, 0.25) is 0 Å². The summed E-state index contributed by atoms with van der Waals surface area (Å²) in [4.78, 5) is 22.1. The Kier molecular flexibility index (Phi) is 1.81. The molecule has 0 aliphatic rings. The second-order valence-electron chi connectivity index (χ2n) is 2.85. The van der Waals surface area contributed by atoms with Gasteiger partial charge in [-0.2, -0.15) is 0 Å². The molecule has 0 atom stereocenters. The van der Waals surface area contributed by atoms with Gasteiger partial charge in [0.25, 0.3) is 5.56 Å². The second-order valence-corrected chi connectivity index (χ2v) is 2.85. The number of carbonyl (C=O) groups is 1. The molecular formula is C10H7NO3. The highest BCUT2D eigenvalue weighted by molar-refractivity contribution is 5.87. The Morgan fingerprint density at radius 1 is 1.14 bits per heavy atom. The summed E-state index contributed by atoms with van der Waals surface area (Å²) >= 11 is 0. The molecule has 0 radical (unpaired) electrons. The zero-order chi connectivity index (χ0) is 10.1. The Balaban J connectivity index is 2.97. The Morgan fingerprint density at radius 3 is 2.57 bits per heavy atom. The molecule has 0 bridgehead atoms. The number of hydrogen-bond donors (Lipinski definition) is 1. The van der Waals surface area contributed by atoms with Gasteiger partial charge < -0.3 is 5.11 Å². The van der Waals surface area contributed by atoms with Crippen LogP contribution in [0, 0.1) is 0 Å². The molecule has 0 aliphatic heterocycles. The molecule has 14 heavy (non-hydrogen) atoms. The van der Waals surface area contributed by atoms with E-state index in [2.05, 4.69) is 0 Å². The number of rotatable bonds is 0. The van der Waals surface area contributed by atoms with Crippen molar-refractivity contribution >= 4 is 17.0 Å². The fourth-order valence-corrected chi connectivity index (χ4v) is 1.38. The molecular weight excluding hydrogens is 182 g/mol. The van der Waals surface area contributed by atoms with Gasteiger partial charge in [0, 0.05) is 6.07 Å². The number of pyridine rings is 1. The van der Waals surface area contributed by atoms with Crippen LogP contribution in [0.1, 0.15) is 0 Å². The molecule has 2 rings (SSSR count). The highest BCUT2D eigenvalue weighted by Crippen LogP contribution is 2.10. The van der Waals surface area contributed by atoms with Crippen LogP contribution in [0.4, 0.5) is 4.79 Å². The lowest BCUT2D eigenvalue weighted by Gasteiger charge is -2.03. The number of hydrogen-bond acceptors (Lipinski definition) is 2. The van der Waals surface area contributed by atoms with Crippen LogP contribution in [0.25, 0.3) is 10.9 Å². The zero-order valence-electron chi connectivity index (χ0n) is 7.18. The SMILES string of the molecule is O=C(O)n1c(=O)ccc2ccccc21. The van der Waals surface area contributed by atoms with Crippen LogP contribution >= 0.6 is 0 Å². The average Bonchev–Trinajstić information content (AvgIpc) is 2.17. The Bertz CT molecular complexity index is 557. The van der Waals surface area contributed by atoms with E-state index in [1.807, 2.05) is 0 Å². The van der Waals surface area contributed by atoms with Gasteiger partial charge in [0.15, 0.2) is 0 Å². The minimum absolute atomic E-state index is 0.410. The van der Waals surface area contributed by atoms with Crippen LogP contribution in [0.2, 0.25) is 0 Å². The van der Waals surface area contributed by atoms with E-state index in [4.69, 9.17) is 5.11 Å². The summed E-state index contributed by atoms with van der Waals surface area (Å²) in [5.41, 5.74) is -0.122. The summed E-state index contributed by atoms with van der Waals surface area (Å²) in [7, 11) is 0. The summed E-state index contributed by atoms with van der Waals surface area (Å²) in [5.74, 6) is 0. The summed E-state index contributed by atoms with van der Waals surface area (Å²) in [6.45, 7) is 0. The Labute approximate surface area is 79.0 Å². The lowest BCUT2D eigenvalue weighted by atomic mass is 10.2. The van der Waals surface area contributed by atoms with E-state index in [0.717, 1.165) is 9.95 Å². The van der Waals surface area contributed by atoms with Crippen molar-refractivity contribution in [2.45, 2.75) is 0 Å². The first-order chi connectivity index (χ1) is 6.70. The molecule has 0 saturated heterocycles. The van der Waals surface area contributed by atoms with Crippen molar-refractivity contribution in [3.05, 3.63) is 46.8 Å². The van der Waals surface area contributed by atoms with Crippen molar-refractivity contribution in [2.24, 2.45) is 0 Å². The smallest absolute Gasteiger partial charge is 0.419 e. The highest BCUT2D eigenvalue weighted by Gasteiger charge is 2.07. The summed E-state index contributed by atoms with van der Waals surface area (Å²) < 4.78 is 0.731. The third-order valence-electron chi connectivity index (χ3n) is 1.99. The van der Waals surface area contributed by atoms with Crippen LogP contribution in [-0.4, -0.2) is 15.8 Å². The maximum atomic E-state index is 11.3. The van der Waals surface area contributed by atoms with Crippen LogP contribution in [0.5, 0.6) is 0 Å². The lowest BCUT2D eigenvalue weighted by Crippen LogP contribution is -2.24. The fourth-order valence-electron chi connectivity index (χ4n) is 1.38. The van der Waals surface area contributed by atoms with E-state index in [-0.39, 0.29) is 0 Å². The molecule has 4 heteroatoms. The zero-order valence-corrected chi connectivity index (χ0v) is 7.18. The van der Waals surface area contributed by atoms with E-state index in [0.29, 0.717) is 5.52 Å². The fraction of sp³-hybridized carbons (Fsp3) is 0. The molecule has 0 saturated carbocycles. The number of aromatic nitrogens is 1. The third kappa shape index (κ3) is 1.17. The quantitative estimate of drug-likeness (QED) is 0.683. The summed E-state index contributed by atoms with van der Waals surface area (Å²) in [6, 6.07) is 9.70. The molecule has 4 nitrogen and oxygen atoms in total. The van der Waals surface area contributed by atoms with Crippen molar-refractivity contribution in [3.63, 3.8) is 0 Å². The van der Waals surface area contributed by atoms with E-state index in [9.17, 15) is 9.59 Å². The van der Waals surface area contributed by atoms with Gasteiger partial charge >= 0.3 is 6.09 Å². The topological polar surface area (TPSA) is 59.3 Å². The normalized spacial score (nSPS) is 10.3. The molecule has 0 amide bonds. The average molecular weight is 189 g/mol. The van der Waals surface area contributed by atoms with Gasteiger partial charge in [0.05, 0.1) is 5.52 Å². The molecule has 0 unspecified atom stereocenters. The van der Waals surface area contributed by atoms with Crippen molar-refractivity contribution in [2.75, 3.05) is 0 Å².